The van der Waals surface area contributed by atoms with Crippen molar-refractivity contribution in [2.45, 2.75) is 6.92 Å². The Balaban J connectivity index is 2.61. The SMILES string of the molecule is C=C=COc1ccc2c(C)cc(=O)oc2c1. The molecule has 3 nitrogen and oxygen atoms in total. The maximum atomic E-state index is 11.2. The number of benzene rings is 1. The summed E-state index contributed by atoms with van der Waals surface area (Å²) in [5, 5.41) is 0.898. The topological polar surface area (TPSA) is 39.4 Å². The lowest BCUT2D eigenvalue weighted by Gasteiger charge is -2.02. The van der Waals surface area contributed by atoms with Crippen LogP contribution in [0.2, 0.25) is 0 Å². The minimum absolute atomic E-state index is 0.360. The zero-order valence-electron chi connectivity index (χ0n) is 8.82. The minimum atomic E-state index is -0.360. The van der Waals surface area contributed by atoms with Gasteiger partial charge in [-0.05, 0) is 24.6 Å². The van der Waals surface area contributed by atoms with Crippen molar-refractivity contribution in [3.8, 4) is 5.75 Å². The van der Waals surface area contributed by atoms with Gasteiger partial charge in [0.15, 0.2) is 0 Å². The third-order valence-corrected chi connectivity index (χ3v) is 2.20. The Hall–Kier alpha value is -2.25. The van der Waals surface area contributed by atoms with Crippen molar-refractivity contribution in [3.05, 3.63) is 58.8 Å². The van der Waals surface area contributed by atoms with Crippen molar-refractivity contribution < 1.29 is 9.15 Å². The fraction of sp³-hybridized carbons (Fsp3) is 0.0769. The summed E-state index contributed by atoms with van der Waals surface area (Å²) in [7, 11) is 0. The summed E-state index contributed by atoms with van der Waals surface area (Å²) in [6, 6.07) is 6.77. The van der Waals surface area contributed by atoms with E-state index in [0.717, 1.165) is 10.9 Å². The van der Waals surface area contributed by atoms with Gasteiger partial charge in [0.25, 0.3) is 0 Å². The highest BCUT2D eigenvalue weighted by Crippen LogP contribution is 2.22. The summed E-state index contributed by atoms with van der Waals surface area (Å²) in [6.07, 6.45) is 1.34. The highest BCUT2D eigenvalue weighted by Gasteiger charge is 2.03. The first-order valence-electron chi connectivity index (χ1n) is 4.76. The largest absolute Gasteiger partial charge is 0.457 e. The van der Waals surface area contributed by atoms with Crippen LogP contribution in [0.25, 0.3) is 11.0 Å². The molecule has 0 N–H and O–H groups in total. The number of aryl methyl sites for hydroxylation is 1. The molecule has 0 saturated carbocycles. The van der Waals surface area contributed by atoms with Crippen LogP contribution in [0.15, 0.2) is 52.0 Å². The number of ether oxygens (including phenoxy) is 1. The van der Waals surface area contributed by atoms with E-state index in [0.29, 0.717) is 11.3 Å². The van der Waals surface area contributed by atoms with Gasteiger partial charge in [0.1, 0.15) is 17.6 Å². The number of hydrogen-bond donors (Lipinski definition) is 0. The smallest absolute Gasteiger partial charge is 0.336 e. The Kier molecular flexibility index (Phi) is 2.63. The summed E-state index contributed by atoms with van der Waals surface area (Å²) in [6.45, 7) is 5.25. The Morgan fingerprint density at radius 3 is 3.00 bits per heavy atom. The molecular formula is C13H10O3. The monoisotopic (exact) mass is 214 g/mol. The average Bonchev–Trinajstić information content (AvgIpc) is 2.25. The molecule has 1 aromatic carbocycles. The fourth-order valence-electron chi connectivity index (χ4n) is 1.49. The Morgan fingerprint density at radius 2 is 2.25 bits per heavy atom. The van der Waals surface area contributed by atoms with E-state index in [1.165, 1.54) is 12.3 Å². The quantitative estimate of drug-likeness (QED) is 0.438. The molecule has 0 atom stereocenters. The van der Waals surface area contributed by atoms with Crippen molar-refractivity contribution in [3.63, 3.8) is 0 Å². The predicted octanol–water partition coefficient (Wildman–Crippen LogP) is 2.78. The molecule has 1 aromatic heterocycles. The van der Waals surface area contributed by atoms with Crippen molar-refractivity contribution in [2.24, 2.45) is 0 Å². The molecule has 1 heterocycles. The molecule has 0 spiro atoms. The lowest BCUT2D eigenvalue weighted by atomic mass is 10.1. The second-order valence-electron chi connectivity index (χ2n) is 3.35. The van der Waals surface area contributed by atoms with Crippen molar-refractivity contribution in [1.29, 1.82) is 0 Å². The first-order chi connectivity index (χ1) is 7.70. The molecule has 0 unspecified atom stereocenters. The number of rotatable bonds is 2. The third kappa shape index (κ3) is 1.90. The van der Waals surface area contributed by atoms with Gasteiger partial charge in [-0.3, -0.25) is 0 Å². The van der Waals surface area contributed by atoms with Crippen LogP contribution in [0.1, 0.15) is 5.56 Å². The minimum Gasteiger partial charge on any atom is -0.457 e. The van der Waals surface area contributed by atoms with Crippen LogP contribution in [0.4, 0.5) is 0 Å². The van der Waals surface area contributed by atoms with Crippen LogP contribution in [-0.2, 0) is 0 Å². The fourth-order valence-corrected chi connectivity index (χ4v) is 1.49. The first-order valence-corrected chi connectivity index (χ1v) is 4.76. The summed E-state index contributed by atoms with van der Waals surface area (Å²) in [5.74, 6) is 0.581. The molecule has 2 rings (SSSR count). The van der Waals surface area contributed by atoms with Crippen LogP contribution in [0, 0.1) is 6.92 Å². The summed E-state index contributed by atoms with van der Waals surface area (Å²) >= 11 is 0. The molecule has 0 saturated heterocycles. The standard InChI is InChI=1S/C13H10O3/c1-3-6-15-10-4-5-11-9(2)7-13(14)16-12(11)8-10/h4-8H,1H2,2H3. The first kappa shape index (κ1) is 10.3. The van der Waals surface area contributed by atoms with E-state index >= 15 is 0 Å². The predicted molar refractivity (Wildman–Crippen MR) is 61.6 cm³/mol. The van der Waals surface area contributed by atoms with E-state index in [1.807, 2.05) is 13.0 Å². The average molecular weight is 214 g/mol. The van der Waals surface area contributed by atoms with Gasteiger partial charge in [-0.2, -0.15) is 0 Å². The normalized spacial score (nSPS) is 9.81. The van der Waals surface area contributed by atoms with Gasteiger partial charge in [0.2, 0.25) is 0 Å². The molecule has 80 valence electrons. The Morgan fingerprint density at radius 1 is 1.44 bits per heavy atom. The number of fused-ring (bicyclic) bond motifs is 1. The van der Waals surface area contributed by atoms with Crippen LogP contribution < -0.4 is 10.4 Å². The third-order valence-electron chi connectivity index (χ3n) is 2.20. The lowest BCUT2D eigenvalue weighted by molar-refractivity contribution is 0.480. The van der Waals surface area contributed by atoms with Crippen molar-refractivity contribution in [2.75, 3.05) is 0 Å². The van der Waals surface area contributed by atoms with Gasteiger partial charge < -0.3 is 9.15 Å². The molecule has 2 aromatic rings. The van der Waals surface area contributed by atoms with Crippen molar-refractivity contribution in [1.82, 2.24) is 0 Å². The zero-order valence-corrected chi connectivity index (χ0v) is 8.82. The van der Waals surface area contributed by atoms with E-state index in [9.17, 15) is 4.79 Å². The van der Waals surface area contributed by atoms with Gasteiger partial charge >= 0.3 is 5.63 Å². The highest BCUT2D eigenvalue weighted by atomic mass is 16.5. The van der Waals surface area contributed by atoms with Crippen molar-refractivity contribution >= 4 is 11.0 Å². The van der Waals surface area contributed by atoms with Gasteiger partial charge in [-0.25, -0.2) is 4.79 Å². The maximum absolute atomic E-state index is 11.2. The molecule has 0 aliphatic carbocycles. The molecule has 0 radical (unpaired) electrons. The maximum Gasteiger partial charge on any atom is 0.336 e. The van der Waals surface area contributed by atoms with Gasteiger partial charge in [0, 0.05) is 17.5 Å². The van der Waals surface area contributed by atoms with E-state index < -0.39 is 0 Å². The lowest BCUT2D eigenvalue weighted by Crippen LogP contribution is -1.97. The summed E-state index contributed by atoms with van der Waals surface area (Å²) in [4.78, 5) is 11.2. The molecule has 0 bridgehead atoms. The highest BCUT2D eigenvalue weighted by molar-refractivity contribution is 5.81. The molecule has 16 heavy (non-hydrogen) atoms. The van der Waals surface area contributed by atoms with E-state index in [4.69, 9.17) is 9.15 Å². The number of hydrogen-bond acceptors (Lipinski definition) is 3. The summed E-state index contributed by atoms with van der Waals surface area (Å²) < 4.78 is 10.3. The second kappa shape index (κ2) is 4.09. The molecule has 0 amide bonds. The van der Waals surface area contributed by atoms with Gasteiger partial charge in [-0.1, -0.05) is 12.3 Å². The van der Waals surface area contributed by atoms with Crippen LogP contribution >= 0.6 is 0 Å². The van der Waals surface area contributed by atoms with Gasteiger partial charge in [-0.15, -0.1) is 0 Å². The molecular weight excluding hydrogens is 204 g/mol. The van der Waals surface area contributed by atoms with Crippen LogP contribution in [0.3, 0.4) is 0 Å². The molecule has 0 fully saturated rings. The second-order valence-corrected chi connectivity index (χ2v) is 3.35. The Bertz CT molecular complexity index is 631. The summed E-state index contributed by atoms with van der Waals surface area (Å²) in [5.41, 5.74) is 3.54. The van der Waals surface area contributed by atoms with Crippen LogP contribution in [-0.4, -0.2) is 0 Å². The van der Waals surface area contributed by atoms with Gasteiger partial charge in [0.05, 0.1) is 0 Å². The zero-order chi connectivity index (χ0) is 11.5. The molecule has 0 aliphatic heterocycles. The van der Waals surface area contributed by atoms with E-state index in [1.54, 1.807) is 12.1 Å². The molecule has 3 heteroatoms. The van der Waals surface area contributed by atoms with E-state index in [-0.39, 0.29) is 5.63 Å². The van der Waals surface area contributed by atoms with E-state index in [2.05, 4.69) is 12.3 Å². The molecule has 0 aliphatic rings. The van der Waals surface area contributed by atoms with Crippen LogP contribution in [0.5, 0.6) is 5.75 Å². The Labute approximate surface area is 92.3 Å².